The summed E-state index contributed by atoms with van der Waals surface area (Å²) in [5.74, 6) is 1.25. The first-order chi connectivity index (χ1) is 8.86. The van der Waals surface area contributed by atoms with Crippen LogP contribution in [0.2, 0.25) is 0 Å². The maximum Gasteiger partial charge on any atom is 0.156 e. The van der Waals surface area contributed by atoms with E-state index in [1.165, 1.54) is 37.9 Å². The molecule has 1 N–H and O–H groups in total. The predicted octanol–water partition coefficient (Wildman–Crippen LogP) is 3.29. The van der Waals surface area contributed by atoms with E-state index < -0.39 is 0 Å². The smallest absolute Gasteiger partial charge is 0.156 e. The Balaban J connectivity index is 1.53. The van der Waals surface area contributed by atoms with Crippen LogP contribution in [-0.2, 0) is 6.54 Å². The van der Waals surface area contributed by atoms with E-state index in [1.54, 1.807) is 11.3 Å². The van der Waals surface area contributed by atoms with E-state index in [2.05, 4.69) is 15.7 Å². The standard InChI is InChI=1S/C13H19N3S2/c1-2-4-13(5-3-1)8-15-12(18-9-13)14-6-11-7-17-10-16-11/h7,10H,1-6,8-9H2,(H,14,15). The predicted molar refractivity (Wildman–Crippen MR) is 79.2 cm³/mol. The Bertz CT molecular complexity index is 408. The molecule has 1 spiro atoms. The Hall–Kier alpha value is -0.550. The molecule has 18 heavy (non-hydrogen) atoms. The Morgan fingerprint density at radius 2 is 2.17 bits per heavy atom. The number of hydrogen-bond donors (Lipinski definition) is 1. The Labute approximate surface area is 116 Å². The van der Waals surface area contributed by atoms with Crippen molar-refractivity contribution in [2.75, 3.05) is 12.3 Å². The molecular formula is C13H19N3S2. The molecule has 1 aromatic rings. The number of nitrogens with one attached hydrogen (secondary N) is 1. The molecule has 1 fully saturated rings. The van der Waals surface area contributed by atoms with Gasteiger partial charge in [-0.15, -0.1) is 11.3 Å². The van der Waals surface area contributed by atoms with Crippen molar-refractivity contribution in [1.82, 2.24) is 10.3 Å². The van der Waals surface area contributed by atoms with E-state index >= 15 is 0 Å². The lowest BCUT2D eigenvalue weighted by atomic mass is 9.75. The van der Waals surface area contributed by atoms with Crippen molar-refractivity contribution in [3.8, 4) is 0 Å². The van der Waals surface area contributed by atoms with E-state index in [9.17, 15) is 0 Å². The molecule has 0 saturated heterocycles. The number of amidine groups is 1. The zero-order valence-electron chi connectivity index (χ0n) is 10.5. The van der Waals surface area contributed by atoms with Gasteiger partial charge in [-0.25, -0.2) is 4.98 Å². The minimum absolute atomic E-state index is 0.523. The van der Waals surface area contributed by atoms with Gasteiger partial charge in [0.15, 0.2) is 5.17 Å². The third-order valence-electron chi connectivity index (χ3n) is 3.89. The molecule has 2 aliphatic rings. The van der Waals surface area contributed by atoms with Crippen LogP contribution in [0.15, 0.2) is 15.9 Å². The highest BCUT2D eigenvalue weighted by atomic mass is 32.2. The molecule has 1 aliphatic carbocycles. The molecule has 3 rings (SSSR count). The highest BCUT2D eigenvalue weighted by Crippen LogP contribution is 2.41. The third kappa shape index (κ3) is 2.88. The van der Waals surface area contributed by atoms with E-state index in [0.29, 0.717) is 5.41 Å². The van der Waals surface area contributed by atoms with E-state index in [-0.39, 0.29) is 0 Å². The summed E-state index contributed by atoms with van der Waals surface area (Å²) in [6.45, 7) is 1.84. The Morgan fingerprint density at radius 1 is 1.28 bits per heavy atom. The number of thioether (sulfide) groups is 1. The quantitative estimate of drug-likeness (QED) is 0.904. The summed E-state index contributed by atoms with van der Waals surface area (Å²) in [5, 5.41) is 6.60. The van der Waals surface area contributed by atoms with E-state index in [4.69, 9.17) is 4.99 Å². The van der Waals surface area contributed by atoms with Gasteiger partial charge in [0.25, 0.3) is 0 Å². The fraction of sp³-hybridized carbons (Fsp3) is 0.692. The van der Waals surface area contributed by atoms with Crippen LogP contribution < -0.4 is 5.32 Å². The first-order valence-electron chi connectivity index (χ1n) is 6.65. The average Bonchev–Trinajstić information content (AvgIpc) is 2.93. The van der Waals surface area contributed by atoms with Gasteiger partial charge in [-0.05, 0) is 18.3 Å². The molecule has 2 heterocycles. The average molecular weight is 281 g/mol. The first kappa shape index (κ1) is 12.5. The minimum Gasteiger partial charge on any atom is -0.359 e. The van der Waals surface area contributed by atoms with E-state index in [1.807, 2.05) is 17.3 Å². The Morgan fingerprint density at radius 3 is 2.83 bits per heavy atom. The lowest BCUT2D eigenvalue weighted by Gasteiger charge is -2.38. The fourth-order valence-corrected chi connectivity index (χ4v) is 4.47. The highest BCUT2D eigenvalue weighted by molar-refractivity contribution is 8.13. The van der Waals surface area contributed by atoms with Crippen molar-refractivity contribution < 1.29 is 0 Å². The number of nitrogens with zero attached hydrogens (tertiary/aromatic N) is 2. The van der Waals surface area contributed by atoms with Crippen LogP contribution >= 0.6 is 23.1 Å². The van der Waals surface area contributed by atoms with Gasteiger partial charge in [0.1, 0.15) is 0 Å². The molecule has 0 amide bonds. The molecule has 0 bridgehead atoms. The van der Waals surface area contributed by atoms with Crippen LogP contribution in [0, 0.1) is 5.41 Å². The fourth-order valence-electron chi connectivity index (χ4n) is 2.75. The summed E-state index contributed by atoms with van der Waals surface area (Å²) in [5.41, 5.74) is 3.51. The molecule has 0 atom stereocenters. The lowest BCUT2D eigenvalue weighted by Crippen LogP contribution is -2.36. The van der Waals surface area contributed by atoms with E-state index in [0.717, 1.165) is 24.0 Å². The second kappa shape index (κ2) is 5.61. The maximum absolute atomic E-state index is 4.75. The number of aliphatic imine (C=N–C) groups is 1. The van der Waals surface area contributed by atoms with Gasteiger partial charge in [-0.3, -0.25) is 4.99 Å². The maximum atomic E-state index is 4.75. The molecule has 3 nitrogen and oxygen atoms in total. The molecule has 1 aromatic heterocycles. The summed E-state index contributed by atoms with van der Waals surface area (Å²) in [7, 11) is 0. The summed E-state index contributed by atoms with van der Waals surface area (Å²) >= 11 is 3.55. The van der Waals surface area contributed by atoms with Gasteiger partial charge >= 0.3 is 0 Å². The first-order valence-corrected chi connectivity index (χ1v) is 8.57. The van der Waals surface area contributed by atoms with Crippen LogP contribution in [0.1, 0.15) is 37.8 Å². The van der Waals surface area contributed by atoms with Crippen molar-refractivity contribution >= 4 is 28.3 Å². The van der Waals surface area contributed by atoms with Crippen molar-refractivity contribution in [2.24, 2.45) is 10.4 Å². The zero-order valence-corrected chi connectivity index (χ0v) is 12.2. The van der Waals surface area contributed by atoms with Gasteiger partial charge < -0.3 is 5.32 Å². The van der Waals surface area contributed by atoms with Gasteiger partial charge in [-0.2, -0.15) is 0 Å². The third-order valence-corrected chi connectivity index (χ3v) is 5.83. The Kier molecular flexibility index (Phi) is 3.89. The zero-order chi connectivity index (χ0) is 12.3. The molecule has 0 radical (unpaired) electrons. The van der Waals surface area contributed by atoms with Gasteiger partial charge in [0.2, 0.25) is 0 Å². The molecule has 5 heteroatoms. The van der Waals surface area contributed by atoms with Crippen LogP contribution in [0.5, 0.6) is 0 Å². The molecule has 0 aromatic carbocycles. The van der Waals surface area contributed by atoms with Crippen LogP contribution in [0.25, 0.3) is 0 Å². The number of thiazole rings is 1. The highest BCUT2D eigenvalue weighted by Gasteiger charge is 2.34. The van der Waals surface area contributed by atoms with Crippen LogP contribution in [0.4, 0.5) is 0 Å². The SMILES string of the molecule is c1nc(CNC2=NCC3(CCCCC3)CS2)cs1. The summed E-state index contributed by atoms with van der Waals surface area (Å²) in [6, 6.07) is 0. The number of rotatable bonds is 2. The van der Waals surface area contributed by atoms with Gasteiger partial charge in [0.05, 0.1) is 17.7 Å². The molecule has 0 unspecified atom stereocenters. The van der Waals surface area contributed by atoms with Crippen molar-refractivity contribution in [1.29, 1.82) is 0 Å². The summed E-state index contributed by atoms with van der Waals surface area (Å²) in [4.78, 5) is 9.03. The second-order valence-electron chi connectivity index (χ2n) is 5.30. The van der Waals surface area contributed by atoms with Crippen LogP contribution in [-0.4, -0.2) is 22.4 Å². The van der Waals surface area contributed by atoms with Crippen molar-refractivity contribution in [3.05, 3.63) is 16.6 Å². The monoisotopic (exact) mass is 281 g/mol. The summed E-state index contributed by atoms with van der Waals surface area (Å²) in [6.07, 6.45) is 6.98. The van der Waals surface area contributed by atoms with Gasteiger partial charge in [-0.1, -0.05) is 31.0 Å². The topological polar surface area (TPSA) is 37.3 Å². The molecule has 1 saturated carbocycles. The minimum atomic E-state index is 0.523. The van der Waals surface area contributed by atoms with Crippen LogP contribution in [0.3, 0.4) is 0 Å². The van der Waals surface area contributed by atoms with Gasteiger partial charge in [0, 0.05) is 17.7 Å². The van der Waals surface area contributed by atoms with Crippen molar-refractivity contribution in [3.63, 3.8) is 0 Å². The molecular weight excluding hydrogens is 262 g/mol. The number of aromatic nitrogens is 1. The number of hydrogen-bond acceptors (Lipinski definition) is 5. The summed E-state index contributed by atoms with van der Waals surface area (Å²) < 4.78 is 0. The largest absolute Gasteiger partial charge is 0.359 e. The molecule has 98 valence electrons. The lowest BCUT2D eigenvalue weighted by molar-refractivity contribution is 0.232. The normalized spacial score (nSPS) is 22.8. The molecule has 1 aliphatic heterocycles. The second-order valence-corrected chi connectivity index (χ2v) is 6.99. The van der Waals surface area contributed by atoms with Crippen molar-refractivity contribution in [2.45, 2.75) is 38.6 Å².